The number of carbonyl (C=O) groups is 1. The second-order valence-electron chi connectivity index (χ2n) is 5.83. The highest BCUT2D eigenvalue weighted by atomic mass is 19.1. The average molecular weight is 351 g/mol. The summed E-state index contributed by atoms with van der Waals surface area (Å²) in [6, 6.07) is 16.6. The van der Waals surface area contributed by atoms with Gasteiger partial charge in [0.1, 0.15) is 5.82 Å². The summed E-state index contributed by atoms with van der Waals surface area (Å²) < 4.78 is 12.9. The first-order valence-corrected chi connectivity index (χ1v) is 7.96. The largest absolute Gasteiger partial charge is 0.378 e. The molecule has 0 spiro atoms. The molecular weight excluding hydrogens is 333 g/mol. The molecule has 0 aliphatic rings. The molecular formula is C19H18FN5O. The van der Waals surface area contributed by atoms with Gasteiger partial charge in [0.05, 0.1) is 0 Å². The number of nitrogens with one attached hydrogen (secondary N) is 2. The van der Waals surface area contributed by atoms with Gasteiger partial charge in [-0.25, -0.2) is 4.39 Å². The van der Waals surface area contributed by atoms with Gasteiger partial charge in [-0.2, -0.15) is 0 Å². The van der Waals surface area contributed by atoms with Crippen molar-refractivity contribution < 1.29 is 9.18 Å². The second kappa shape index (κ2) is 7.60. The molecule has 0 fully saturated rings. The van der Waals surface area contributed by atoms with Crippen molar-refractivity contribution in [2.24, 2.45) is 0 Å². The minimum Gasteiger partial charge on any atom is -0.378 e. The van der Waals surface area contributed by atoms with Gasteiger partial charge in [-0.1, -0.05) is 0 Å². The van der Waals surface area contributed by atoms with E-state index in [4.69, 9.17) is 0 Å². The lowest BCUT2D eigenvalue weighted by molar-refractivity contribution is 0.102. The molecule has 2 N–H and O–H groups in total. The Balaban J connectivity index is 1.64. The number of anilines is 4. The lowest BCUT2D eigenvalue weighted by Crippen LogP contribution is -2.14. The fraction of sp³-hybridized carbons (Fsp3) is 0.105. The third-order valence-electron chi connectivity index (χ3n) is 3.66. The molecule has 0 saturated heterocycles. The molecule has 0 radical (unpaired) electrons. The van der Waals surface area contributed by atoms with Crippen LogP contribution in [0.2, 0.25) is 0 Å². The van der Waals surface area contributed by atoms with Crippen molar-refractivity contribution in [2.75, 3.05) is 29.6 Å². The number of amides is 1. The van der Waals surface area contributed by atoms with Crippen molar-refractivity contribution in [2.45, 2.75) is 0 Å². The summed E-state index contributed by atoms with van der Waals surface area (Å²) in [5, 5.41) is 13.7. The Hall–Kier alpha value is -3.48. The van der Waals surface area contributed by atoms with Crippen molar-refractivity contribution >= 4 is 28.8 Å². The van der Waals surface area contributed by atoms with Gasteiger partial charge < -0.3 is 15.5 Å². The molecule has 3 rings (SSSR count). The van der Waals surface area contributed by atoms with Gasteiger partial charge in [0.25, 0.3) is 5.91 Å². The predicted octanol–water partition coefficient (Wildman–Crippen LogP) is 3.68. The molecule has 0 unspecified atom stereocenters. The van der Waals surface area contributed by atoms with Crippen molar-refractivity contribution in [1.29, 1.82) is 0 Å². The maximum absolute atomic E-state index is 12.9. The van der Waals surface area contributed by atoms with Gasteiger partial charge in [-0.3, -0.25) is 4.79 Å². The van der Waals surface area contributed by atoms with Gasteiger partial charge in [-0.15, -0.1) is 10.2 Å². The first kappa shape index (κ1) is 17.3. The second-order valence-corrected chi connectivity index (χ2v) is 5.83. The minimum atomic E-state index is -0.411. The van der Waals surface area contributed by atoms with E-state index in [9.17, 15) is 9.18 Å². The summed E-state index contributed by atoms with van der Waals surface area (Å²) in [6.45, 7) is 0. The number of benzene rings is 2. The zero-order valence-electron chi connectivity index (χ0n) is 14.4. The lowest BCUT2D eigenvalue weighted by atomic mass is 10.2. The Kier molecular flexibility index (Phi) is 5.07. The Morgan fingerprint density at radius 2 is 1.54 bits per heavy atom. The van der Waals surface area contributed by atoms with E-state index in [0.717, 1.165) is 11.4 Å². The van der Waals surface area contributed by atoms with Crippen LogP contribution in [0.3, 0.4) is 0 Å². The fourth-order valence-corrected chi connectivity index (χ4v) is 2.24. The first-order chi connectivity index (χ1) is 12.5. The van der Waals surface area contributed by atoms with E-state index in [1.165, 1.54) is 24.3 Å². The first-order valence-electron chi connectivity index (χ1n) is 7.96. The van der Waals surface area contributed by atoms with Crippen LogP contribution in [-0.4, -0.2) is 30.2 Å². The maximum atomic E-state index is 12.9. The Morgan fingerprint density at radius 3 is 2.12 bits per heavy atom. The van der Waals surface area contributed by atoms with Crippen LogP contribution in [0.15, 0.2) is 60.7 Å². The SMILES string of the molecule is CN(C)c1ccc(Nc2ccc(C(=O)Nc3ccc(F)cc3)nn2)cc1. The van der Waals surface area contributed by atoms with Gasteiger partial charge in [-0.05, 0) is 60.7 Å². The normalized spacial score (nSPS) is 10.3. The van der Waals surface area contributed by atoms with Crippen LogP contribution in [-0.2, 0) is 0 Å². The molecule has 0 bridgehead atoms. The number of hydrogen-bond donors (Lipinski definition) is 2. The lowest BCUT2D eigenvalue weighted by Gasteiger charge is -2.13. The van der Waals surface area contributed by atoms with Crippen LogP contribution in [0.1, 0.15) is 10.5 Å². The van der Waals surface area contributed by atoms with Crippen LogP contribution in [0, 0.1) is 5.82 Å². The topological polar surface area (TPSA) is 70.2 Å². The van der Waals surface area contributed by atoms with Gasteiger partial charge >= 0.3 is 0 Å². The summed E-state index contributed by atoms with van der Waals surface area (Å²) in [4.78, 5) is 14.1. The predicted molar refractivity (Wildman–Crippen MR) is 100 cm³/mol. The van der Waals surface area contributed by atoms with E-state index in [-0.39, 0.29) is 11.5 Å². The van der Waals surface area contributed by atoms with Crippen LogP contribution in [0.5, 0.6) is 0 Å². The molecule has 132 valence electrons. The molecule has 0 atom stereocenters. The molecule has 0 saturated carbocycles. The number of aromatic nitrogens is 2. The Morgan fingerprint density at radius 1 is 0.885 bits per heavy atom. The molecule has 3 aromatic rings. The van der Waals surface area contributed by atoms with Crippen LogP contribution < -0.4 is 15.5 Å². The third-order valence-corrected chi connectivity index (χ3v) is 3.66. The molecule has 6 nitrogen and oxygen atoms in total. The quantitative estimate of drug-likeness (QED) is 0.734. The summed E-state index contributed by atoms with van der Waals surface area (Å²) in [5.41, 5.74) is 2.62. The molecule has 0 aliphatic carbocycles. The number of rotatable bonds is 5. The highest BCUT2D eigenvalue weighted by Gasteiger charge is 2.09. The molecule has 1 heterocycles. The zero-order valence-corrected chi connectivity index (χ0v) is 14.4. The summed E-state index contributed by atoms with van der Waals surface area (Å²) in [5.74, 6) is -0.247. The van der Waals surface area contributed by atoms with Gasteiger partial charge in [0, 0.05) is 31.2 Å². The molecule has 0 aliphatic heterocycles. The highest BCUT2D eigenvalue weighted by Crippen LogP contribution is 2.19. The number of carbonyl (C=O) groups excluding carboxylic acids is 1. The number of hydrogen-bond acceptors (Lipinski definition) is 5. The van der Waals surface area contributed by atoms with E-state index < -0.39 is 5.91 Å². The van der Waals surface area contributed by atoms with Crippen LogP contribution in [0.25, 0.3) is 0 Å². The Labute approximate surface area is 150 Å². The average Bonchev–Trinajstić information content (AvgIpc) is 2.64. The van der Waals surface area contributed by atoms with E-state index in [0.29, 0.717) is 11.5 Å². The van der Waals surface area contributed by atoms with E-state index in [1.807, 2.05) is 43.3 Å². The minimum absolute atomic E-state index is 0.169. The summed E-state index contributed by atoms with van der Waals surface area (Å²) in [6.07, 6.45) is 0. The van der Waals surface area contributed by atoms with Gasteiger partial charge in [0.15, 0.2) is 11.5 Å². The van der Waals surface area contributed by atoms with Crippen molar-refractivity contribution in [1.82, 2.24) is 10.2 Å². The van der Waals surface area contributed by atoms with Crippen molar-refractivity contribution in [3.63, 3.8) is 0 Å². The van der Waals surface area contributed by atoms with Crippen LogP contribution in [0.4, 0.5) is 27.3 Å². The molecule has 1 aromatic heterocycles. The van der Waals surface area contributed by atoms with E-state index >= 15 is 0 Å². The monoisotopic (exact) mass is 351 g/mol. The molecule has 26 heavy (non-hydrogen) atoms. The third kappa shape index (κ3) is 4.32. The highest BCUT2D eigenvalue weighted by molar-refractivity contribution is 6.02. The summed E-state index contributed by atoms with van der Waals surface area (Å²) in [7, 11) is 3.95. The molecule has 7 heteroatoms. The Bertz CT molecular complexity index is 877. The van der Waals surface area contributed by atoms with Crippen LogP contribution >= 0.6 is 0 Å². The van der Waals surface area contributed by atoms with Crippen molar-refractivity contribution in [3.05, 3.63) is 72.2 Å². The smallest absolute Gasteiger partial charge is 0.276 e. The molecule has 2 aromatic carbocycles. The molecule has 1 amide bonds. The zero-order chi connectivity index (χ0) is 18.5. The maximum Gasteiger partial charge on any atom is 0.276 e. The van der Waals surface area contributed by atoms with Gasteiger partial charge in [0.2, 0.25) is 0 Å². The van der Waals surface area contributed by atoms with E-state index in [2.05, 4.69) is 20.8 Å². The summed E-state index contributed by atoms with van der Waals surface area (Å²) >= 11 is 0. The number of halogens is 1. The fourth-order valence-electron chi connectivity index (χ4n) is 2.24. The number of nitrogens with zero attached hydrogens (tertiary/aromatic N) is 3. The standard InChI is InChI=1S/C19H18FN5O/c1-25(2)16-9-7-14(8-10-16)21-18-12-11-17(23-24-18)19(26)22-15-5-3-13(20)4-6-15/h3-12H,1-2H3,(H,21,24)(H,22,26). The van der Waals surface area contributed by atoms with E-state index in [1.54, 1.807) is 12.1 Å². The van der Waals surface area contributed by atoms with Crippen molar-refractivity contribution in [3.8, 4) is 0 Å².